The van der Waals surface area contributed by atoms with Gasteiger partial charge in [0.05, 0.1) is 6.61 Å². The van der Waals surface area contributed by atoms with Gasteiger partial charge in [0.2, 0.25) is 0 Å². The molecule has 1 N–H and O–H groups in total. The van der Waals surface area contributed by atoms with E-state index in [0.29, 0.717) is 12.0 Å². The first-order valence-corrected chi connectivity index (χ1v) is 5.68. The third-order valence-electron chi connectivity index (χ3n) is 2.82. The molecule has 3 nitrogen and oxygen atoms in total. The number of methoxy groups -OCH3 is 1. The molecule has 0 amide bonds. The lowest BCUT2D eigenvalue weighted by Crippen LogP contribution is -2.43. The van der Waals surface area contributed by atoms with Gasteiger partial charge >= 0.3 is 0 Å². The van der Waals surface area contributed by atoms with Crippen LogP contribution in [0.4, 0.5) is 0 Å². The standard InChI is InChI=1S/C11H23NO2/c1-3-6-12-11-5-8-14-9-10(11)4-7-13-2/h10-12H,3-9H2,1-2H3. The minimum atomic E-state index is 0.634. The van der Waals surface area contributed by atoms with Crippen molar-refractivity contribution in [3.8, 4) is 0 Å². The van der Waals surface area contributed by atoms with E-state index in [4.69, 9.17) is 9.47 Å². The highest BCUT2D eigenvalue weighted by molar-refractivity contribution is 4.79. The maximum atomic E-state index is 5.49. The molecule has 0 aromatic carbocycles. The Morgan fingerprint density at radius 1 is 1.50 bits per heavy atom. The van der Waals surface area contributed by atoms with E-state index in [0.717, 1.165) is 39.2 Å². The monoisotopic (exact) mass is 201 g/mol. The van der Waals surface area contributed by atoms with E-state index in [9.17, 15) is 0 Å². The minimum Gasteiger partial charge on any atom is -0.385 e. The Bertz CT molecular complexity index is 125. The van der Waals surface area contributed by atoms with Crippen molar-refractivity contribution in [2.75, 3.05) is 33.5 Å². The van der Waals surface area contributed by atoms with Crippen LogP contribution in [0.1, 0.15) is 26.2 Å². The molecule has 1 saturated heterocycles. The number of rotatable bonds is 6. The molecular formula is C11H23NO2. The fraction of sp³-hybridized carbons (Fsp3) is 1.00. The summed E-state index contributed by atoms with van der Waals surface area (Å²) in [6, 6.07) is 0.638. The molecule has 1 fully saturated rings. The van der Waals surface area contributed by atoms with E-state index in [1.807, 2.05) is 0 Å². The lowest BCUT2D eigenvalue weighted by molar-refractivity contribution is 0.0188. The summed E-state index contributed by atoms with van der Waals surface area (Å²) >= 11 is 0. The summed E-state index contributed by atoms with van der Waals surface area (Å²) in [5, 5.41) is 3.59. The molecule has 0 bridgehead atoms. The quantitative estimate of drug-likeness (QED) is 0.705. The van der Waals surface area contributed by atoms with Gasteiger partial charge in [0.1, 0.15) is 0 Å². The van der Waals surface area contributed by atoms with E-state index in [2.05, 4.69) is 12.2 Å². The summed E-state index contributed by atoms with van der Waals surface area (Å²) in [6.45, 7) is 5.97. The predicted molar refractivity (Wildman–Crippen MR) is 57.5 cm³/mol. The van der Waals surface area contributed by atoms with Crippen molar-refractivity contribution in [2.45, 2.75) is 32.2 Å². The van der Waals surface area contributed by atoms with Crippen LogP contribution in [0.5, 0.6) is 0 Å². The van der Waals surface area contributed by atoms with Gasteiger partial charge < -0.3 is 14.8 Å². The molecule has 0 radical (unpaired) electrons. The van der Waals surface area contributed by atoms with Gasteiger partial charge in [-0.1, -0.05) is 6.92 Å². The van der Waals surface area contributed by atoms with Crippen LogP contribution in [0.25, 0.3) is 0 Å². The highest BCUT2D eigenvalue weighted by atomic mass is 16.5. The molecule has 0 saturated carbocycles. The largest absolute Gasteiger partial charge is 0.385 e. The van der Waals surface area contributed by atoms with Crippen molar-refractivity contribution in [2.24, 2.45) is 5.92 Å². The molecule has 1 rings (SSSR count). The summed E-state index contributed by atoms with van der Waals surface area (Å²) < 4.78 is 10.6. The summed E-state index contributed by atoms with van der Waals surface area (Å²) in [4.78, 5) is 0. The Labute approximate surface area is 87.2 Å². The van der Waals surface area contributed by atoms with Gasteiger partial charge in [-0.05, 0) is 31.7 Å². The van der Waals surface area contributed by atoms with Crippen molar-refractivity contribution in [3.63, 3.8) is 0 Å². The van der Waals surface area contributed by atoms with Crippen molar-refractivity contribution in [1.29, 1.82) is 0 Å². The Morgan fingerprint density at radius 2 is 2.36 bits per heavy atom. The van der Waals surface area contributed by atoms with Crippen LogP contribution in [-0.2, 0) is 9.47 Å². The lowest BCUT2D eigenvalue weighted by Gasteiger charge is -2.32. The van der Waals surface area contributed by atoms with Gasteiger partial charge in [-0.15, -0.1) is 0 Å². The van der Waals surface area contributed by atoms with Gasteiger partial charge in [0.15, 0.2) is 0 Å². The van der Waals surface area contributed by atoms with Gasteiger partial charge in [0.25, 0.3) is 0 Å². The molecule has 3 heteroatoms. The third kappa shape index (κ3) is 3.95. The maximum Gasteiger partial charge on any atom is 0.0510 e. The van der Waals surface area contributed by atoms with E-state index in [1.54, 1.807) is 7.11 Å². The van der Waals surface area contributed by atoms with Crippen molar-refractivity contribution in [1.82, 2.24) is 5.32 Å². The van der Waals surface area contributed by atoms with Crippen molar-refractivity contribution < 1.29 is 9.47 Å². The van der Waals surface area contributed by atoms with Crippen LogP contribution in [0.2, 0.25) is 0 Å². The average molecular weight is 201 g/mol. The summed E-state index contributed by atoms with van der Waals surface area (Å²) in [7, 11) is 1.76. The van der Waals surface area contributed by atoms with Crippen LogP contribution in [-0.4, -0.2) is 39.5 Å². The van der Waals surface area contributed by atoms with Crippen molar-refractivity contribution >= 4 is 0 Å². The van der Waals surface area contributed by atoms with Gasteiger partial charge in [-0.25, -0.2) is 0 Å². The second-order valence-corrected chi connectivity index (χ2v) is 3.97. The second kappa shape index (κ2) is 7.21. The first kappa shape index (κ1) is 12.0. The second-order valence-electron chi connectivity index (χ2n) is 3.97. The zero-order valence-electron chi connectivity index (χ0n) is 9.42. The van der Waals surface area contributed by atoms with Crippen LogP contribution < -0.4 is 5.32 Å². The van der Waals surface area contributed by atoms with E-state index >= 15 is 0 Å². The minimum absolute atomic E-state index is 0.634. The average Bonchev–Trinajstić information content (AvgIpc) is 2.24. The number of ether oxygens (including phenoxy) is 2. The molecule has 0 aromatic rings. The Morgan fingerprint density at radius 3 is 3.07 bits per heavy atom. The maximum absolute atomic E-state index is 5.49. The summed E-state index contributed by atoms with van der Waals surface area (Å²) in [6.07, 6.45) is 3.46. The normalized spacial score (nSPS) is 27.9. The zero-order chi connectivity index (χ0) is 10.2. The fourth-order valence-electron chi connectivity index (χ4n) is 1.95. The Hall–Kier alpha value is -0.120. The molecule has 2 unspecified atom stereocenters. The topological polar surface area (TPSA) is 30.5 Å². The van der Waals surface area contributed by atoms with E-state index < -0.39 is 0 Å². The summed E-state index contributed by atoms with van der Waals surface area (Å²) in [5.41, 5.74) is 0. The number of hydrogen-bond acceptors (Lipinski definition) is 3. The molecule has 14 heavy (non-hydrogen) atoms. The third-order valence-corrected chi connectivity index (χ3v) is 2.82. The Balaban J connectivity index is 2.26. The molecule has 84 valence electrons. The highest BCUT2D eigenvalue weighted by Crippen LogP contribution is 2.18. The predicted octanol–water partition coefficient (Wildman–Crippen LogP) is 1.43. The van der Waals surface area contributed by atoms with Crippen LogP contribution in [0.15, 0.2) is 0 Å². The van der Waals surface area contributed by atoms with E-state index in [-0.39, 0.29) is 0 Å². The van der Waals surface area contributed by atoms with Gasteiger partial charge in [0, 0.05) is 26.4 Å². The molecular weight excluding hydrogens is 178 g/mol. The first-order chi connectivity index (χ1) is 6.88. The molecule has 2 atom stereocenters. The molecule has 1 heterocycles. The fourth-order valence-corrected chi connectivity index (χ4v) is 1.95. The molecule has 0 aromatic heterocycles. The SMILES string of the molecule is CCCNC1CCOCC1CCOC. The number of hydrogen-bond donors (Lipinski definition) is 1. The first-order valence-electron chi connectivity index (χ1n) is 5.68. The lowest BCUT2D eigenvalue weighted by atomic mass is 9.93. The molecule has 0 aliphatic carbocycles. The van der Waals surface area contributed by atoms with Crippen LogP contribution in [0, 0.1) is 5.92 Å². The zero-order valence-corrected chi connectivity index (χ0v) is 9.42. The van der Waals surface area contributed by atoms with Crippen molar-refractivity contribution in [3.05, 3.63) is 0 Å². The van der Waals surface area contributed by atoms with Gasteiger partial charge in [-0.3, -0.25) is 0 Å². The molecule has 1 aliphatic rings. The smallest absolute Gasteiger partial charge is 0.0510 e. The highest BCUT2D eigenvalue weighted by Gasteiger charge is 2.24. The Kier molecular flexibility index (Phi) is 6.15. The summed E-state index contributed by atoms with van der Waals surface area (Å²) in [5.74, 6) is 0.634. The molecule has 1 aliphatic heterocycles. The number of nitrogens with one attached hydrogen (secondary N) is 1. The molecule has 0 spiro atoms. The van der Waals surface area contributed by atoms with Crippen LogP contribution >= 0.6 is 0 Å². The van der Waals surface area contributed by atoms with E-state index in [1.165, 1.54) is 6.42 Å². The van der Waals surface area contributed by atoms with Crippen LogP contribution in [0.3, 0.4) is 0 Å². The van der Waals surface area contributed by atoms with Gasteiger partial charge in [-0.2, -0.15) is 0 Å².